The number of aliphatic hydroxyl groups excluding tert-OH is 1. The Hall–Kier alpha value is -1.20. The Morgan fingerprint density at radius 2 is 2.20 bits per heavy atom. The Morgan fingerprint density at radius 1 is 1.53 bits per heavy atom. The molecule has 82 valence electrons. The first-order valence-electron chi connectivity index (χ1n) is 4.26. The van der Waals surface area contributed by atoms with E-state index in [1.54, 1.807) is 6.26 Å². The van der Waals surface area contributed by atoms with E-state index in [9.17, 15) is 15.0 Å². The molecule has 0 aliphatic heterocycles. The molecular formula is C10H12O4S. The fourth-order valence-corrected chi connectivity index (χ4v) is 1.53. The summed E-state index contributed by atoms with van der Waals surface area (Å²) in [4.78, 5) is 10.7. The van der Waals surface area contributed by atoms with Crippen LogP contribution in [-0.4, -0.2) is 22.4 Å². The fourth-order valence-electron chi connectivity index (χ4n) is 1.09. The number of ether oxygens (including phenoxy) is 1. The second-order valence-corrected chi connectivity index (χ2v) is 3.82. The zero-order valence-corrected chi connectivity index (χ0v) is 9.25. The van der Waals surface area contributed by atoms with Gasteiger partial charge in [-0.25, -0.2) is 0 Å². The highest BCUT2D eigenvalue weighted by Gasteiger charge is 2.12. The summed E-state index contributed by atoms with van der Waals surface area (Å²) in [5, 5.41) is 19.0. The predicted octanol–water partition coefficient (Wildman–Crippen LogP) is 1.67. The van der Waals surface area contributed by atoms with E-state index in [0.717, 1.165) is 0 Å². The quantitative estimate of drug-likeness (QED) is 0.468. The number of phenolic OH excluding ortho intramolecular Hbond substituents is 1. The summed E-state index contributed by atoms with van der Waals surface area (Å²) in [5.41, 5.74) is -0.498. The number of rotatable bonds is 3. The van der Waals surface area contributed by atoms with Crippen molar-refractivity contribution in [1.82, 2.24) is 0 Å². The van der Waals surface area contributed by atoms with Crippen molar-refractivity contribution in [3.8, 4) is 11.5 Å². The monoisotopic (exact) mass is 228 g/mol. The molecule has 0 aromatic heterocycles. The molecule has 1 aromatic rings. The lowest BCUT2D eigenvalue weighted by atomic mass is 10.2. The molecule has 1 aromatic carbocycles. The molecule has 4 nitrogen and oxygen atoms in total. The van der Waals surface area contributed by atoms with Crippen molar-refractivity contribution in [3.05, 3.63) is 23.8 Å². The number of thioether (sulfide) groups is 1. The Kier molecular flexibility index (Phi) is 3.99. The number of carbonyl (C=O) groups is 1. The van der Waals surface area contributed by atoms with Gasteiger partial charge in [0.25, 0.3) is 0 Å². The Labute approximate surface area is 91.9 Å². The molecule has 1 atom stereocenters. The van der Waals surface area contributed by atoms with Gasteiger partial charge in [-0.15, -0.1) is 11.8 Å². The van der Waals surface area contributed by atoms with Gasteiger partial charge in [0.15, 0.2) is 0 Å². The van der Waals surface area contributed by atoms with Crippen LogP contribution in [0.2, 0.25) is 0 Å². The van der Waals surface area contributed by atoms with E-state index >= 15 is 0 Å². The van der Waals surface area contributed by atoms with Crippen molar-refractivity contribution in [3.63, 3.8) is 0 Å². The second kappa shape index (κ2) is 5.04. The van der Waals surface area contributed by atoms with Crippen LogP contribution in [0.3, 0.4) is 0 Å². The van der Waals surface area contributed by atoms with Gasteiger partial charge in [0.1, 0.15) is 16.9 Å². The lowest BCUT2D eigenvalue weighted by Crippen LogP contribution is -2.02. The van der Waals surface area contributed by atoms with Gasteiger partial charge in [-0.1, -0.05) is 0 Å². The summed E-state index contributed by atoms with van der Waals surface area (Å²) in [5.74, 6) is -0.151. The molecule has 0 aliphatic rings. The molecule has 2 N–H and O–H groups in total. The minimum atomic E-state index is -0.833. The molecule has 0 saturated heterocycles. The summed E-state index contributed by atoms with van der Waals surface area (Å²) in [7, 11) is 0. The average molecular weight is 228 g/mol. The molecule has 1 unspecified atom stereocenters. The van der Waals surface area contributed by atoms with Crippen LogP contribution in [0, 0.1) is 0 Å². The van der Waals surface area contributed by atoms with Crippen LogP contribution in [-0.2, 0) is 4.79 Å². The Balaban J connectivity index is 2.99. The first kappa shape index (κ1) is 11.9. The summed E-state index contributed by atoms with van der Waals surface area (Å²) >= 11 is 1.17. The first-order valence-corrected chi connectivity index (χ1v) is 5.55. The van der Waals surface area contributed by atoms with E-state index in [4.69, 9.17) is 4.74 Å². The molecule has 0 heterocycles. The van der Waals surface area contributed by atoms with Crippen LogP contribution in [0.4, 0.5) is 0 Å². The topological polar surface area (TPSA) is 66.8 Å². The molecule has 0 radical (unpaired) electrons. The number of hydrogen-bond acceptors (Lipinski definition) is 5. The predicted molar refractivity (Wildman–Crippen MR) is 57.9 cm³/mol. The van der Waals surface area contributed by atoms with Gasteiger partial charge in [0, 0.05) is 12.5 Å². The molecule has 15 heavy (non-hydrogen) atoms. The average Bonchev–Trinajstić information content (AvgIpc) is 2.19. The van der Waals surface area contributed by atoms with Crippen LogP contribution in [0.1, 0.15) is 17.9 Å². The maximum absolute atomic E-state index is 10.7. The largest absolute Gasteiger partial charge is 0.508 e. The van der Waals surface area contributed by atoms with E-state index in [0.29, 0.717) is 11.3 Å². The lowest BCUT2D eigenvalue weighted by Gasteiger charge is -2.11. The molecular weight excluding hydrogens is 216 g/mol. The van der Waals surface area contributed by atoms with E-state index in [1.165, 1.54) is 36.9 Å². The number of benzene rings is 1. The summed E-state index contributed by atoms with van der Waals surface area (Å²) in [6.07, 6.45) is 1.71. The third-order valence-corrected chi connectivity index (χ3v) is 2.45. The van der Waals surface area contributed by atoms with Crippen LogP contribution >= 0.6 is 11.8 Å². The third-order valence-electron chi connectivity index (χ3n) is 1.75. The Morgan fingerprint density at radius 3 is 2.73 bits per heavy atom. The second-order valence-electron chi connectivity index (χ2n) is 2.90. The van der Waals surface area contributed by atoms with Crippen LogP contribution in [0.25, 0.3) is 0 Å². The zero-order chi connectivity index (χ0) is 11.4. The van der Waals surface area contributed by atoms with Crippen molar-refractivity contribution in [2.75, 3.05) is 6.26 Å². The van der Waals surface area contributed by atoms with Gasteiger partial charge in [0.05, 0.1) is 0 Å². The van der Waals surface area contributed by atoms with Gasteiger partial charge < -0.3 is 14.9 Å². The summed E-state index contributed by atoms with van der Waals surface area (Å²) < 4.78 is 4.83. The third kappa shape index (κ3) is 3.14. The molecule has 1 rings (SSSR count). The number of hydrogen-bond donors (Lipinski definition) is 2. The van der Waals surface area contributed by atoms with Crippen molar-refractivity contribution < 1.29 is 19.7 Å². The normalized spacial score (nSPS) is 12.2. The SMILES string of the molecule is CSC(O)c1cc(OC(C)=O)ccc1O. The van der Waals surface area contributed by atoms with E-state index < -0.39 is 11.4 Å². The van der Waals surface area contributed by atoms with Crippen LogP contribution in [0.5, 0.6) is 11.5 Å². The van der Waals surface area contributed by atoms with E-state index in [-0.39, 0.29) is 5.75 Å². The Bertz CT molecular complexity index is 364. The molecule has 0 amide bonds. The summed E-state index contributed by atoms with van der Waals surface area (Å²) in [6.45, 7) is 1.29. The van der Waals surface area contributed by atoms with E-state index in [1.807, 2.05) is 0 Å². The van der Waals surface area contributed by atoms with Crippen molar-refractivity contribution in [2.45, 2.75) is 12.4 Å². The number of aromatic hydroxyl groups is 1. The van der Waals surface area contributed by atoms with Gasteiger partial charge >= 0.3 is 5.97 Å². The molecule has 0 saturated carbocycles. The minimum Gasteiger partial charge on any atom is -0.508 e. The van der Waals surface area contributed by atoms with Gasteiger partial charge in [0.2, 0.25) is 0 Å². The summed E-state index contributed by atoms with van der Waals surface area (Å²) in [6, 6.07) is 4.29. The molecule has 0 bridgehead atoms. The van der Waals surface area contributed by atoms with Gasteiger partial charge in [-0.3, -0.25) is 4.79 Å². The lowest BCUT2D eigenvalue weighted by molar-refractivity contribution is -0.131. The van der Waals surface area contributed by atoms with Crippen molar-refractivity contribution in [2.24, 2.45) is 0 Å². The van der Waals surface area contributed by atoms with Crippen LogP contribution < -0.4 is 4.74 Å². The first-order chi connectivity index (χ1) is 7.04. The highest BCUT2D eigenvalue weighted by molar-refractivity contribution is 7.98. The molecule has 0 aliphatic carbocycles. The van der Waals surface area contributed by atoms with Gasteiger partial charge in [-0.2, -0.15) is 0 Å². The number of esters is 1. The number of carbonyl (C=O) groups excluding carboxylic acids is 1. The maximum atomic E-state index is 10.7. The minimum absolute atomic E-state index is 0.0206. The maximum Gasteiger partial charge on any atom is 0.308 e. The highest BCUT2D eigenvalue weighted by atomic mass is 32.2. The molecule has 0 fully saturated rings. The van der Waals surface area contributed by atoms with Gasteiger partial charge in [-0.05, 0) is 24.5 Å². The molecule has 5 heteroatoms. The van der Waals surface area contributed by atoms with Crippen molar-refractivity contribution in [1.29, 1.82) is 0 Å². The standard InChI is InChI=1S/C10H12O4S/c1-6(11)14-7-3-4-9(12)8(5-7)10(13)15-2/h3-5,10,12-13H,1-2H3. The van der Waals surface area contributed by atoms with Crippen molar-refractivity contribution >= 4 is 17.7 Å². The van der Waals surface area contributed by atoms with Crippen LogP contribution in [0.15, 0.2) is 18.2 Å². The zero-order valence-electron chi connectivity index (χ0n) is 8.43. The highest BCUT2D eigenvalue weighted by Crippen LogP contribution is 2.33. The fraction of sp³-hybridized carbons (Fsp3) is 0.300. The molecule has 0 spiro atoms. The number of aliphatic hydroxyl groups is 1. The smallest absolute Gasteiger partial charge is 0.308 e. The number of phenols is 1. The van der Waals surface area contributed by atoms with E-state index in [2.05, 4.69) is 0 Å².